The van der Waals surface area contributed by atoms with Gasteiger partial charge in [0.1, 0.15) is 6.10 Å². The van der Waals surface area contributed by atoms with E-state index in [9.17, 15) is 4.79 Å². The number of hydrogen-bond acceptors (Lipinski definition) is 2. The van der Waals surface area contributed by atoms with E-state index in [0.717, 1.165) is 37.0 Å². The molecule has 0 heterocycles. The van der Waals surface area contributed by atoms with E-state index in [4.69, 9.17) is 4.74 Å². The van der Waals surface area contributed by atoms with Crippen molar-refractivity contribution in [2.45, 2.75) is 103 Å². The van der Waals surface area contributed by atoms with E-state index in [2.05, 4.69) is 13.5 Å². The monoisotopic (exact) mass is 334 g/mol. The van der Waals surface area contributed by atoms with Gasteiger partial charge >= 0.3 is 5.97 Å². The Hall–Kier alpha value is -0.790. The lowest BCUT2D eigenvalue weighted by Crippen LogP contribution is -2.25. The molecule has 0 saturated heterocycles. The van der Waals surface area contributed by atoms with Crippen molar-refractivity contribution in [2.24, 2.45) is 17.8 Å². The summed E-state index contributed by atoms with van der Waals surface area (Å²) in [5.74, 6) is 2.86. The molecule has 2 fully saturated rings. The predicted molar refractivity (Wildman–Crippen MR) is 101 cm³/mol. The summed E-state index contributed by atoms with van der Waals surface area (Å²) in [6.45, 7) is 5.97. The summed E-state index contributed by atoms with van der Waals surface area (Å²) in [5, 5.41) is 0. The molecule has 0 aromatic heterocycles. The number of rotatable bonds is 9. The molecule has 2 heteroatoms. The second-order valence-corrected chi connectivity index (χ2v) is 8.21. The average molecular weight is 335 g/mol. The van der Waals surface area contributed by atoms with Crippen LogP contribution < -0.4 is 0 Å². The van der Waals surface area contributed by atoms with Crippen LogP contribution in [-0.4, -0.2) is 12.1 Å². The highest BCUT2D eigenvalue weighted by atomic mass is 16.5. The zero-order valence-electron chi connectivity index (χ0n) is 15.8. The molecular formula is C22H38O2. The molecule has 0 aliphatic heterocycles. The fraction of sp³-hybridized carbons (Fsp3) is 0.864. The molecule has 2 nitrogen and oxygen atoms in total. The summed E-state index contributed by atoms with van der Waals surface area (Å²) in [5.41, 5.74) is 0. The van der Waals surface area contributed by atoms with Crippen LogP contribution in [-0.2, 0) is 9.53 Å². The van der Waals surface area contributed by atoms with Gasteiger partial charge in [0.05, 0.1) is 0 Å². The van der Waals surface area contributed by atoms with Crippen molar-refractivity contribution < 1.29 is 9.53 Å². The van der Waals surface area contributed by atoms with Crippen molar-refractivity contribution in [3.05, 3.63) is 12.7 Å². The largest absolute Gasteiger partial charge is 0.462 e. The molecule has 0 unspecified atom stereocenters. The quantitative estimate of drug-likeness (QED) is 0.358. The van der Waals surface area contributed by atoms with Crippen LogP contribution in [0.1, 0.15) is 96.8 Å². The van der Waals surface area contributed by atoms with Crippen molar-refractivity contribution in [3.63, 3.8) is 0 Å². The zero-order chi connectivity index (χ0) is 17.2. The van der Waals surface area contributed by atoms with Crippen LogP contribution in [0.25, 0.3) is 0 Å². The average Bonchev–Trinajstić information content (AvgIpc) is 2.61. The number of carbonyl (C=O) groups is 1. The standard InChI is InChI=1S/C22H38O2/c1-3-5-7-22(23)24-21-16-14-20(15-17-21)13-12-19-10-8-18(6-4-2)9-11-19/h3,18-21H,1,4-17H2,2H3/t18-,19-,20-,21-. The smallest absolute Gasteiger partial charge is 0.306 e. The number of ether oxygens (including phenoxy) is 1. The minimum atomic E-state index is -0.0396. The molecule has 2 saturated carbocycles. The molecule has 0 aromatic rings. The minimum Gasteiger partial charge on any atom is -0.462 e. The second kappa shape index (κ2) is 10.9. The van der Waals surface area contributed by atoms with Crippen LogP contribution in [0.3, 0.4) is 0 Å². The highest BCUT2D eigenvalue weighted by molar-refractivity contribution is 5.69. The van der Waals surface area contributed by atoms with E-state index in [0.29, 0.717) is 6.42 Å². The maximum atomic E-state index is 11.7. The molecule has 0 N–H and O–H groups in total. The molecule has 2 aliphatic carbocycles. The Morgan fingerprint density at radius 1 is 0.917 bits per heavy atom. The molecule has 0 aromatic carbocycles. The van der Waals surface area contributed by atoms with E-state index in [1.54, 1.807) is 6.08 Å². The highest BCUT2D eigenvalue weighted by Gasteiger charge is 2.25. The summed E-state index contributed by atoms with van der Waals surface area (Å²) in [6.07, 6.45) is 19.4. The van der Waals surface area contributed by atoms with Crippen molar-refractivity contribution in [2.75, 3.05) is 0 Å². The molecule has 2 aliphatic rings. The second-order valence-electron chi connectivity index (χ2n) is 8.21. The normalized spacial score (nSPS) is 30.7. The molecule has 0 radical (unpaired) electrons. The lowest BCUT2D eigenvalue weighted by atomic mass is 9.76. The van der Waals surface area contributed by atoms with Gasteiger partial charge < -0.3 is 4.74 Å². The van der Waals surface area contributed by atoms with Crippen molar-refractivity contribution in [3.8, 4) is 0 Å². The van der Waals surface area contributed by atoms with Crippen molar-refractivity contribution >= 4 is 5.97 Å². The summed E-state index contributed by atoms with van der Waals surface area (Å²) in [6, 6.07) is 0. The number of esters is 1. The first-order valence-corrected chi connectivity index (χ1v) is 10.5. The molecule has 0 bridgehead atoms. The predicted octanol–water partition coefficient (Wildman–Crippen LogP) is 6.44. The van der Waals surface area contributed by atoms with Gasteiger partial charge in [-0.15, -0.1) is 6.58 Å². The van der Waals surface area contributed by atoms with Gasteiger partial charge in [-0.1, -0.05) is 64.4 Å². The lowest BCUT2D eigenvalue weighted by Gasteiger charge is -2.31. The molecule has 0 amide bonds. The Morgan fingerprint density at radius 2 is 1.42 bits per heavy atom. The van der Waals surface area contributed by atoms with E-state index in [1.807, 2.05) is 0 Å². The Bertz CT molecular complexity index is 360. The molecular weight excluding hydrogens is 296 g/mol. The summed E-state index contributed by atoms with van der Waals surface area (Å²) in [7, 11) is 0. The number of carbonyl (C=O) groups excluding carboxylic acids is 1. The van der Waals surface area contributed by atoms with Gasteiger partial charge in [-0.05, 0) is 49.9 Å². The molecule has 0 spiro atoms. The van der Waals surface area contributed by atoms with Crippen LogP contribution in [0.15, 0.2) is 12.7 Å². The van der Waals surface area contributed by atoms with E-state index < -0.39 is 0 Å². The molecule has 24 heavy (non-hydrogen) atoms. The van der Waals surface area contributed by atoms with Gasteiger partial charge in [-0.3, -0.25) is 4.79 Å². The summed E-state index contributed by atoms with van der Waals surface area (Å²) < 4.78 is 5.58. The van der Waals surface area contributed by atoms with E-state index >= 15 is 0 Å². The van der Waals surface area contributed by atoms with Gasteiger partial charge in [0, 0.05) is 6.42 Å². The first-order chi connectivity index (χ1) is 11.7. The van der Waals surface area contributed by atoms with Crippen LogP contribution in [0.4, 0.5) is 0 Å². The maximum Gasteiger partial charge on any atom is 0.306 e. The van der Waals surface area contributed by atoms with Crippen LogP contribution in [0, 0.1) is 17.8 Å². The van der Waals surface area contributed by atoms with Crippen molar-refractivity contribution in [1.29, 1.82) is 0 Å². The summed E-state index contributed by atoms with van der Waals surface area (Å²) >= 11 is 0. The van der Waals surface area contributed by atoms with Gasteiger partial charge in [0.15, 0.2) is 0 Å². The van der Waals surface area contributed by atoms with E-state index in [1.165, 1.54) is 64.2 Å². The van der Waals surface area contributed by atoms with Crippen LogP contribution in [0.2, 0.25) is 0 Å². The third-order valence-electron chi connectivity index (χ3n) is 6.29. The third-order valence-corrected chi connectivity index (χ3v) is 6.29. The molecule has 0 atom stereocenters. The van der Waals surface area contributed by atoms with Crippen molar-refractivity contribution in [1.82, 2.24) is 0 Å². The summed E-state index contributed by atoms with van der Waals surface area (Å²) in [4.78, 5) is 11.7. The van der Waals surface area contributed by atoms with Crippen LogP contribution in [0.5, 0.6) is 0 Å². The van der Waals surface area contributed by atoms with E-state index in [-0.39, 0.29) is 12.1 Å². The number of allylic oxidation sites excluding steroid dienone is 1. The first kappa shape index (κ1) is 19.5. The SMILES string of the molecule is C=CCCC(=O)O[C@H]1CC[C@H](CC[C@H]2CC[C@H](CCC)CC2)CC1. The fourth-order valence-corrected chi connectivity index (χ4v) is 4.69. The first-order valence-electron chi connectivity index (χ1n) is 10.5. The maximum absolute atomic E-state index is 11.7. The van der Waals surface area contributed by atoms with Gasteiger partial charge in [-0.2, -0.15) is 0 Å². The Kier molecular flexibility index (Phi) is 8.91. The Morgan fingerprint density at radius 3 is 1.92 bits per heavy atom. The third kappa shape index (κ3) is 6.99. The number of hydrogen-bond donors (Lipinski definition) is 0. The van der Waals surface area contributed by atoms with Crippen LogP contribution >= 0.6 is 0 Å². The Labute approximate surface area is 149 Å². The van der Waals surface area contributed by atoms with Gasteiger partial charge in [-0.25, -0.2) is 0 Å². The zero-order valence-corrected chi connectivity index (χ0v) is 15.8. The van der Waals surface area contributed by atoms with Gasteiger partial charge in [0.2, 0.25) is 0 Å². The molecule has 2 rings (SSSR count). The fourth-order valence-electron chi connectivity index (χ4n) is 4.69. The minimum absolute atomic E-state index is 0.0396. The lowest BCUT2D eigenvalue weighted by molar-refractivity contribution is -0.150. The topological polar surface area (TPSA) is 26.3 Å². The molecule has 138 valence electrons. The highest BCUT2D eigenvalue weighted by Crippen LogP contribution is 2.37. The van der Waals surface area contributed by atoms with Gasteiger partial charge in [0.25, 0.3) is 0 Å². The Balaban J connectivity index is 1.55.